The molecule has 0 aromatic carbocycles. The number of carbonyl (C=O) groups is 1. The third-order valence-corrected chi connectivity index (χ3v) is 3.30. The van der Waals surface area contributed by atoms with Crippen LogP contribution in [0.2, 0.25) is 0 Å². The minimum absolute atomic E-state index is 0.159. The van der Waals surface area contributed by atoms with Crippen molar-refractivity contribution in [2.75, 3.05) is 6.54 Å². The minimum Gasteiger partial charge on any atom is -0.335 e. The summed E-state index contributed by atoms with van der Waals surface area (Å²) in [4.78, 5) is 13.8. The molecule has 2 rings (SSSR count). The van der Waals surface area contributed by atoms with Crippen LogP contribution in [0.3, 0.4) is 0 Å². The molecular weight excluding hydrogens is 176 g/mol. The van der Waals surface area contributed by atoms with Crippen LogP contribution in [0.4, 0.5) is 4.79 Å². The maximum Gasteiger partial charge on any atom is 0.317 e. The molecule has 0 aromatic rings. The number of piperidine rings is 1. The summed E-state index contributed by atoms with van der Waals surface area (Å²) in [6, 6.07) is 1.05. The van der Waals surface area contributed by atoms with Crippen molar-refractivity contribution in [1.29, 1.82) is 0 Å². The van der Waals surface area contributed by atoms with E-state index in [9.17, 15) is 4.79 Å². The van der Waals surface area contributed by atoms with Gasteiger partial charge in [-0.3, -0.25) is 0 Å². The van der Waals surface area contributed by atoms with Gasteiger partial charge in [-0.05, 0) is 38.5 Å². The topological polar surface area (TPSA) is 32.3 Å². The molecule has 2 aliphatic rings. The summed E-state index contributed by atoms with van der Waals surface area (Å²) in [5.41, 5.74) is 0. The number of hydrogen-bond acceptors (Lipinski definition) is 1. The van der Waals surface area contributed by atoms with Gasteiger partial charge in [0.15, 0.2) is 0 Å². The molecule has 0 bridgehead atoms. The van der Waals surface area contributed by atoms with Crippen molar-refractivity contribution in [2.24, 2.45) is 5.92 Å². The zero-order valence-corrected chi connectivity index (χ0v) is 9.12. The normalized spacial score (nSPS) is 32.9. The van der Waals surface area contributed by atoms with E-state index in [1.807, 2.05) is 4.90 Å². The minimum atomic E-state index is 0.159. The second kappa shape index (κ2) is 3.79. The lowest BCUT2D eigenvalue weighted by atomic mass is 9.94. The van der Waals surface area contributed by atoms with Crippen molar-refractivity contribution >= 4 is 6.03 Å². The number of likely N-dealkylation sites (tertiary alicyclic amines) is 1. The van der Waals surface area contributed by atoms with E-state index in [1.54, 1.807) is 0 Å². The van der Waals surface area contributed by atoms with E-state index in [0.717, 1.165) is 25.3 Å². The van der Waals surface area contributed by atoms with Crippen molar-refractivity contribution in [3.05, 3.63) is 0 Å². The van der Waals surface area contributed by atoms with E-state index in [-0.39, 0.29) is 6.03 Å². The third-order valence-electron chi connectivity index (χ3n) is 3.30. The summed E-state index contributed by atoms with van der Waals surface area (Å²) < 4.78 is 0. The van der Waals surface area contributed by atoms with Crippen LogP contribution in [0.1, 0.15) is 39.5 Å². The largest absolute Gasteiger partial charge is 0.335 e. The Labute approximate surface area is 85.8 Å². The molecule has 0 spiro atoms. The summed E-state index contributed by atoms with van der Waals surface area (Å²) in [5, 5.41) is 3.06. The van der Waals surface area contributed by atoms with Crippen LogP contribution in [-0.4, -0.2) is 29.6 Å². The summed E-state index contributed by atoms with van der Waals surface area (Å²) in [6.45, 7) is 5.36. The van der Waals surface area contributed by atoms with Crippen LogP contribution in [0.5, 0.6) is 0 Å². The highest BCUT2D eigenvalue weighted by molar-refractivity contribution is 5.75. The number of amides is 2. The molecule has 2 atom stereocenters. The highest BCUT2D eigenvalue weighted by atomic mass is 16.2. The van der Waals surface area contributed by atoms with E-state index in [1.165, 1.54) is 12.8 Å². The van der Waals surface area contributed by atoms with Crippen LogP contribution in [0.15, 0.2) is 0 Å². The van der Waals surface area contributed by atoms with E-state index in [0.29, 0.717) is 12.1 Å². The van der Waals surface area contributed by atoms with Gasteiger partial charge in [0.25, 0.3) is 0 Å². The average molecular weight is 196 g/mol. The molecule has 1 saturated carbocycles. The van der Waals surface area contributed by atoms with Crippen molar-refractivity contribution in [3.8, 4) is 0 Å². The fourth-order valence-corrected chi connectivity index (χ4v) is 2.19. The Kier molecular flexibility index (Phi) is 2.66. The molecule has 1 heterocycles. The highest BCUT2D eigenvalue weighted by Crippen LogP contribution is 2.24. The first kappa shape index (κ1) is 9.81. The number of nitrogens with zero attached hydrogens (tertiary/aromatic N) is 1. The first-order valence-electron chi connectivity index (χ1n) is 5.74. The molecule has 80 valence electrons. The number of hydrogen-bond donors (Lipinski definition) is 1. The molecule has 2 fully saturated rings. The summed E-state index contributed by atoms with van der Waals surface area (Å²) in [6.07, 6.45) is 4.65. The van der Waals surface area contributed by atoms with E-state index in [2.05, 4.69) is 19.2 Å². The zero-order chi connectivity index (χ0) is 10.1. The van der Waals surface area contributed by atoms with Crippen LogP contribution in [0.25, 0.3) is 0 Å². The van der Waals surface area contributed by atoms with E-state index in [4.69, 9.17) is 0 Å². The van der Waals surface area contributed by atoms with Gasteiger partial charge < -0.3 is 10.2 Å². The molecule has 0 aromatic heterocycles. The van der Waals surface area contributed by atoms with Crippen molar-refractivity contribution < 1.29 is 4.79 Å². The second-order valence-corrected chi connectivity index (χ2v) is 4.90. The number of carbonyl (C=O) groups excluding carboxylic acids is 1. The Hall–Kier alpha value is -0.730. The molecule has 1 N–H and O–H groups in total. The Morgan fingerprint density at radius 2 is 2.00 bits per heavy atom. The number of rotatable bonds is 1. The predicted octanol–water partition coefficient (Wildman–Crippen LogP) is 1.98. The van der Waals surface area contributed by atoms with Crippen LogP contribution in [-0.2, 0) is 0 Å². The van der Waals surface area contributed by atoms with E-state index < -0.39 is 0 Å². The van der Waals surface area contributed by atoms with Gasteiger partial charge in [0.1, 0.15) is 0 Å². The maximum absolute atomic E-state index is 11.8. The predicted molar refractivity (Wildman–Crippen MR) is 56.1 cm³/mol. The number of nitrogens with one attached hydrogen (secondary N) is 1. The van der Waals surface area contributed by atoms with Crippen molar-refractivity contribution in [3.63, 3.8) is 0 Å². The van der Waals surface area contributed by atoms with Gasteiger partial charge >= 0.3 is 6.03 Å². The lowest BCUT2D eigenvalue weighted by Crippen LogP contribution is -2.49. The van der Waals surface area contributed by atoms with Crippen LogP contribution in [0, 0.1) is 5.92 Å². The molecule has 3 nitrogen and oxygen atoms in total. The Balaban J connectivity index is 1.85. The Bertz CT molecular complexity index is 225. The first-order chi connectivity index (χ1) is 6.66. The van der Waals surface area contributed by atoms with Gasteiger partial charge in [0.05, 0.1) is 0 Å². The van der Waals surface area contributed by atoms with Gasteiger partial charge in [-0.1, -0.05) is 6.92 Å². The number of urea groups is 1. The fourth-order valence-electron chi connectivity index (χ4n) is 2.19. The molecule has 1 aliphatic carbocycles. The molecule has 2 amide bonds. The molecular formula is C11H20N2O. The lowest BCUT2D eigenvalue weighted by molar-refractivity contribution is 0.139. The van der Waals surface area contributed by atoms with Gasteiger partial charge in [-0.2, -0.15) is 0 Å². The van der Waals surface area contributed by atoms with Crippen molar-refractivity contribution in [1.82, 2.24) is 10.2 Å². The standard InChI is InChI=1S/C11H20N2O/c1-8-5-6-13(9(2)7-8)11(14)12-10-3-4-10/h8-10H,3-7H2,1-2H3,(H,12,14). The first-order valence-corrected chi connectivity index (χ1v) is 5.74. The van der Waals surface area contributed by atoms with Crippen molar-refractivity contribution in [2.45, 2.75) is 51.6 Å². The second-order valence-electron chi connectivity index (χ2n) is 4.90. The molecule has 14 heavy (non-hydrogen) atoms. The lowest BCUT2D eigenvalue weighted by Gasteiger charge is -2.36. The van der Waals surface area contributed by atoms with Gasteiger partial charge in [0.2, 0.25) is 0 Å². The highest BCUT2D eigenvalue weighted by Gasteiger charge is 2.30. The quantitative estimate of drug-likeness (QED) is 0.683. The zero-order valence-electron chi connectivity index (χ0n) is 9.12. The fraction of sp³-hybridized carbons (Fsp3) is 0.909. The summed E-state index contributed by atoms with van der Waals surface area (Å²) in [5.74, 6) is 0.773. The van der Waals surface area contributed by atoms with Crippen LogP contribution >= 0.6 is 0 Å². The van der Waals surface area contributed by atoms with Gasteiger partial charge in [0, 0.05) is 18.6 Å². The monoisotopic (exact) mass is 196 g/mol. The Morgan fingerprint density at radius 1 is 1.29 bits per heavy atom. The smallest absolute Gasteiger partial charge is 0.317 e. The van der Waals surface area contributed by atoms with Crippen LogP contribution < -0.4 is 5.32 Å². The average Bonchev–Trinajstić information content (AvgIpc) is 2.87. The molecule has 0 radical (unpaired) electrons. The maximum atomic E-state index is 11.8. The van der Waals surface area contributed by atoms with Gasteiger partial charge in [-0.15, -0.1) is 0 Å². The molecule has 1 saturated heterocycles. The SMILES string of the molecule is CC1CCN(C(=O)NC2CC2)C(C)C1. The molecule has 1 aliphatic heterocycles. The molecule has 3 heteroatoms. The van der Waals surface area contributed by atoms with E-state index >= 15 is 0 Å². The van der Waals surface area contributed by atoms with Gasteiger partial charge in [-0.25, -0.2) is 4.79 Å². The summed E-state index contributed by atoms with van der Waals surface area (Å²) in [7, 11) is 0. The third kappa shape index (κ3) is 2.20. The molecule has 2 unspecified atom stereocenters. The summed E-state index contributed by atoms with van der Waals surface area (Å²) >= 11 is 0. The Morgan fingerprint density at radius 3 is 2.57 bits per heavy atom.